The fourth-order valence-corrected chi connectivity index (χ4v) is 2.83. The topological polar surface area (TPSA) is 24.9 Å². The van der Waals surface area contributed by atoms with Crippen LogP contribution in [0.3, 0.4) is 0 Å². The Balaban J connectivity index is 1.97. The lowest BCUT2D eigenvalue weighted by Gasteiger charge is -2.23. The van der Waals surface area contributed by atoms with Crippen molar-refractivity contribution < 1.29 is 0 Å². The minimum Gasteiger partial charge on any atom is -0.310 e. The van der Waals surface area contributed by atoms with Gasteiger partial charge in [-0.15, -0.1) is 0 Å². The van der Waals surface area contributed by atoms with E-state index in [9.17, 15) is 0 Å². The fourth-order valence-electron chi connectivity index (χ4n) is 2.83. The predicted molar refractivity (Wildman–Crippen MR) is 91.0 cm³/mol. The zero-order valence-corrected chi connectivity index (χ0v) is 13.0. The van der Waals surface area contributed by atoms with Gasteiger partial charge in [0.05, 0.1) is 0 Å². The van der Waals surface area contributed by atoms with Gasteiger partial charge in [0.2, 0.25) is 0 Å². The normalized spacial score (nSPS) is 17.8. The molecule has 0 radical (unpaired) electrons. The first kappa shape index (κ1) is 15.7. The number of rotatable bonds is 6. The molecule has 0 bridgehead atoms. The Hall–Kier alpha value is -1.67. The highest BCUT2D eigenvalue weighted by Crippen LogP contribution is 2.19. The maximum absolute atomic E-state index is 4.08. The number of nitrogens with zero attached hydrogens (tertiary/aromatic N) is 1. The van der Waals surface area contributed by atoms with E-state index in [2.05, 4.69) is 36.0 Å². The van der Waals surface area contributed by atoms with Crippen molar-refractivity contribution in [1.29, 1.82) is 0 Å². The van der Waals surface area contributed by atoms with Crippen molar-refractivity contribution in [3.8, 4) is 0 Å². The van der Waals surface area contributed by atoms with Crippen LogP contribution in [0, 0.1) is 0 Å². The second kappa shape index (κ2) is 8.58. The summed E-state index contributed by atoms with van der Waals surface area (Å²) in [4.78, 5) is 4.08. The van der Waals surface area contributed by atoms with Gasteiger partial charge in [0.1, 0.15) is 0 Å². The summed E-state index contributed by atoms with van der Waals surface area (Å²) in [5, 5.41) is 3.69. The Kier molecular flexibility index (Phi) is 6.42. The second-order valence-electron chi connectivity index (χ2n) is 5.80. The van der Waals surface area contributed by atoms with Crippen LogP contribution in [0.5, 0.6) is 0 Å². The molecule has 1 fully saturated rings. The Labute approximate surface area is 128 Å². The summed E-state index contributed by atoms with van der Waals surface area (Å²) in [6.45, 7) is 6.97. The molecule has 1 aliphatic rings. The van der Waals surface area contributed by atoms with Crippen molar-refractivity contribution in [3.63, 3.8) is 0 Å². The van der Waals surface area contributed by atoms with E-state index in [0.29, 0.717) is 6.04 Å². The van der Waals surface area contributed by atoms with Gasteiger partial charge < -0.3 is 5.32 Å². The Morgan fingerprint density at radius 1 is 1.29 bits per heavy atom. The molecule has 1 heterocycles. The maximum Gasteiger partial charge on any atom is 0.0273 e. The summed E-state index contributed by atoms with van der Waals surface area (Å²) in [5.74, 6) is 0. The van der Waals surface area contributed by atoms with Crippen LogP contribution in [0.15, 0.2) is 54.9 Å². The van der Waals surface area contributed by atoms with Gasteiger partial charge in [0, 0.05) is 25.0 Å². The van der Waals surface area contributed by atoms with Crippen molar-refractivity contribution in [2.45, 2.75) is 45.1 Å². The molecule has 1 aliphatic carbocycles. The molecule has 0 saturated heterocycles. The van der Waals surface area contributed by atoms with Gasteiger partial charge in [-0.1, -0.05) is 49.6 Å². The molecule has 1 saturated carbocycles. The first-order valence-electron chi connectivity index (χ1n) is 7.93. The molecule has 0 aliphatic heterocycles. The molecule has 0 aromatic carbocycles. The molecular formula is C19H26N2. The van der Waals surface area contributed by atoms with Gasteiger partial charge >= 0.3 is 0 Å². The van der Waals surface area contributed by atoms with Crippen molar-refractivity contribution in [3.05, 3.63) is 60.5 Å². The third kappa shape index (κ3) is 5.31. The molecule has 1 aromatic heterocycles. The van der Waals surface area contributed by atoms with Crippen molar-refractivity contribution in [1.82, 2.24) is 10.3 Å². The SMILES string of the molecule is C=C/C=C(\C=C(/C)CNC1CCCCC1)c1ccncc1. The lowest BCUT2D eigenvalue weighted by atomic mass is 9.95. The average Bonchev–Trinajstić information content (AvgIpc) is 2.54. The third-order valence-electron chi connectivity index (χ3n) is 3.99. The van der Waals surface area contributed by atoms with E-state index in [0.717, 1.165) is 6.54 Å². The highest BCUT2D eigenvalue weighted by Gasteiger charge is 2.12. The highest BCUT2D eigenvalue weighted by atomic mass is 14.9. The van der Waals surface area contributed by atoms with Gasteiger partial charge in [-0.3, -0.25) is 4.98 Å². The number of allylic oxidation sites excluding steroid dienone is 4. The van der Waals surface area contributed by atoms with Crippen LogP contribution in [0.2, 0.25) is 0 Å². The first-order valence-corrected chi connectivity index (χ1v) is 7.93. The Bertz CT molecular complexity index is 494. The van der Waals surface area contributed by atoms with Gasteiger partial charge in [0.25, 0.3) is 0 Å². The summed E-state index contributed by atoms with van der Waals surface area (Å²) in [6.07, 6.45) is 16.6. The Morgan fingerprint density at radius 3 is 2.67 bits per heavy atom. The monoisotopic (exact) mass is 282 g/mol. The molecular weight excluding hydrogens is 256 g/mol. The smallest absolute Gasteiger partial charge is 0.0273 e. The van der Waals surface area contributed by atoms with Crippen LogP contribution >= 0.6 is 0 Å². The fraction of sp³-hybridized carbons (Fsp3) is 0.421. The molecule has 112 valence electrons. The molecule has 1 aromatic rings. The average molecular weight is 282 g/mol. The van der Waals surface area contributed by atoms with Gasteiger partial charge in [-0.2, -0.15) is 0 Å². The Morgan fingerprint density at radius 2 is 2.00 bits per heavy atom. The number of pyridine rings is 1. The zero-order valence-electron chi connectivity index (χ0n) is 13.0. The van der Waals surface area contributed by atoms with Gasteiger partial charge in [-0.25, -0.2) is 0 Å². The quantitative estimate of drug-likeness (QED) is 0.776. The molecule has 0 unspecified atom stereocenters. The molecule has 0 atom stereocenters. The second-order valence-corrected chi connectivity index (χ2v) is 5.80. The van der Waals surface area contributed by atoms with E-state index in [1.165, 1.54) is 48.8 Å². The summed E-state index contributed by atoms with van der Waals surface area (Å²) in [6, 6.07) is 4.77. The van der Waals surface area contributed by atoms with Crippen LogP contribution in [0.25, 0.3) is 5.57 Å². The largest absolute Gasteiger partial charge is 0.310 e. The van der Waals surface area contributed by atoms with E-state index >= 15 is 0 Å². The lowest BCUT2D eigenvalue weighted by Crippen LogP contribution is -2.32. The van der Waals surface area contributed by atoms with E-state index in [4.69, 9.17) is 0 Å². The first-order chi connectivity index (χ1) is 10.3. The molecule has 1 N–H and O–H groups in total. The number of nitrogens with one attached hydrogen (secondary N) is 1. The van der Waals surface area contributed by atoms with Gasteiger partial charge in [0.15, 0.2) is 0 Å². The molecule has 2 rings (SSSR count). The summed E-state index contributed by atoms with van der Waals surface area (Å²) in [7, 11) is 0. The van der Waals surface area contributed by atoms with Crippen LogP contribution in [0.4, 0.5) is 0 Å². The number of hydrogen-bond donors (Lipinski definition) is 1. The van der Waals surface area contributed by atoms with Gasteiger partial charge in [-0.05, 0) is 43.0 Å². The zero-order chi connectivity index (χ0) is 14.9. The number of aromatic nitrogens is 1. The van der Waals surface area contributed by atoms with E-state index in [1.807, 2.05) is 30.6 Å². The standard InChI is InChI=1S/C19H26N2/c1-3-7-18(17-10-12-20-13-11-17)14-16(2)15-21-19-8-5-4-6-9-19/h3,7,10-14,19,21H,1,4-6,8-9,15H2,2H3/b16-14+,18-7+. The molecule has 2 heteroatoms. The summed E-state index contributed by atoms with van der Waals surface area (Å²) in [5.41, 5.74) is 3.72. The molecule has 21 heavy (non-hydrogen) atoms. The van der Waals surface area contributed by atoms with Crippen molar-refractivity contribution in [2.75, 3.05) is 6.54 Å². The minimum atomic E-state index is 0.704. The third-order valence-corrected chi connectivity index (χ3v) is 3.99. The van der Waals surface area contributed by atoms with Crippen LogP contribution in [-0.2, 0) is 0 Å². The molecule has 0 spiro atoms. The molecule has 0 amide bonds. The van der Waals surface area contributed by atoms with Crippen LogP contribution in [-0.4, -0.2) is 17.6 Å². The van der Waals surface area contributed by atoms with Crippen LogP contribution < -0.4 is 5.32 Å². The van der Waals surface area contributed by atoms with E-state index in [1.54, 1.807) is 0 Å². The van der Waals surface area contributed by atoms with Crippen molar-refractivity contribution >= 4 is 5.57 Å². The highest BCUT2D eigenvalue weighted by molar-refractivity contribution is 5.75. The minimum absolute atomic E-state index is 0.704. The van der Waals surface area contributed by atoms with E-state index < -0.39 is 0 Å². The van der Waals surface area contributed by atoms with E-state index in [-0.39, 0.29) is 0 Å². The maximum atomic E-state index is 4.08. The number of hydrogen-bond acceptors (Lipinski definition) is 2. The van der Waals surface area contributed by atoms with Crippen LogP contribution in [0.1, 0.15) is 44.6 Å². The predicted octanol–water partition coefficient (Wildman–Crippen LogP) is 4.52. The van der Waals surface area contributed by atoms with Crippen molar-refractivity contribution in [2.24, 2.45) is 0 Å². The summed E-state index contributed by atoms with van der Waals surface area (Å²) < 4.78 is 0. The molecule has 2 nitrogen and oxygen atoms in total. The summed E-state index contributed by atoms with van der Waals surface area (Å²) >= 11 is 0. The lowest BCUT2D eigenvalue weighted by molar-refractivity contribution is 0.383.